The molecule has 0 saturated heterocycles. The predicted molar refractivity (Wildman–Crippen MR) is 55.0 cm³/mol. The van der Waals surface area contributed by atoms with Gasteiger partial charge in [0.2, 0.25) is 0 Å². The second-order valence-electron chi connectivity index (χ2n) is 3.23. The minimum Gasteiger partial charge on any atom is -0.303 e. The summed E-state index contributed by atoms with van der Waals surface area (Å²) in [5, 5.41) is 2.94. The van der Waals surface area contributed by atoms with Gasteiger partial charge in [-0.3, -0.25) is 0 Å². The summed E-state index contributed by atoms with van der Waals surface area (Å²) < 4.78 is 0. The molecule has 0 aliphatic carbocycles. The van der Waals surface area contributed by atoms with E-state index in [-0.39, 0.29) is 6.04 Å². The van der Waals surface area contributed by atoms with Crippen LogP contribution in [-0.4, -0.2) is 6.29 Å². The first-order valence-electron chi connectivity index (χ1n) is 4.63. The molecule has 1 aromatic carbocycles. The van der Waals surface area contributed by atoms with E-state index in [1.807, 2.05) is 24.3 Å². The van der Waals surface area contributed by atoms with E-state index in [9.17, 15) is 9.70 Å². The first-order chi connectivity index (χ1) is 6.77. The summed E-state index contributed by atoms with van der Waals surface area (Å²) in [7, 11) is 0. The van der Waals surface area contributed by atoms with E-state index >= 15 is 0 Å². The van der Waals surface area contributed by atoms with Crippen LogP contribution in [0.15, 0.2) is 29.4 Å². The van der Waals surface area contributed by atoms with Crippen LogP contribution in [0.4, 0.5) is 0 Å². The molecular formula is C11H13NO2. The zero-order valence-electron chi connectivity index (χ0n) is 8.14. The monoisotopic (exact) mass is 191 g/mol. The van der Waals surface area contributed by atoms with Crippen LogP contribution in [0.5, 0.6) is 0 Å². The molecule has 0 bridgehead atoms. The van der Waals surface area contributed by atoms with Gasteiger partial charge in [0, 0.05) is 6.42 Å². The maximum absolute atomic E-state index is 10.3. The van der Waals surface area contributed by atoms with Gasteiger partial charge in [0.15, 0.2) is 0 Å². The van der Waals surface area contributed by atoms with Crippen LogP contribution in [0.25, 0.3) is 0 Å². The quantitative estimate of drug-likeness (QED) is 0.530. The average molecular weight is 191 g/mol. The van der Waals surface area contributed by atoms with Crippen LogP contribution < -0.4 is 0 Å². The summed E-state index contributed by atoms with van der Waals surface area (Å²) in [5.41, 5.74) is 2.02. The van der Waals surface area contributed by atoms with Gasteiger partial charge in [-0.1, -0.05) is 29.4 Å². The maximum Gasteiger partial charge on any atom is 0.120 e. The Bertz CT molecular complexity index is 306. The van der Waals surface area contributed by atoms with Crippen molar-refractivity contribution in [3.05, 3.63) is 40.3 Å². The molecule has 0 saturated carbocycles. The Labute approximate surface area is 83.1 Å². The van der Waals surface area contributed by atoms with Crippen molar-refractivity contribution < 1.29 is 4.79 Å². The molecule has 1 unspecified atom stereocenters. The van der Waals surface area contributed by atoms with Crippen LogP contribution in [0.1, 0.15) is 30.5 Å². The third-order valence-electron chi connectivity index (χ3n) is 2.17. The lowest BCUT2D eigenvalue weighted by atomic mass is 10.0. The molecule has 1 rings (SSSR count). The van der Waals surface area contributed by atoms with Crippen LogP contribution in [-0.2, 0) is 11.2 Å². The Morgan fingerprint density at radius 3 is 2.50 bits per heavy atom. The minimum atomic E-state index is -0.296. The SMILES string of the molecule is CC(N=O)c1ccc(CCC=O)cc1. The lowest BCUT2D eigenvalue weighted by Gasteiger charge is -2.03. The summed E-state index contributed by atoms with van der Waals surface area (Å²) >= 11 is 0. The molecule has 0 aliphatic heterocycles. The molecular weight excluding hydrogens is 178 g/mol. The molecule has 3 heteroatoms. The van der Waals surface area contributed by atoms with Crippen molar-refractivity contribution in [1.82, 2.24) is 0 Å². The molecule has 14 heavy (non-hydrogen) atoms. The lowest BCUT2D eigenvalue weighted by molar-refractivity contribution is -0.107. The van der Waals surface area contributed by atoms with E-state index in [0.29, 0.717) is 6.42 Å². The van der Waals surface area contributed by atoms with Crippen molar-refractivity contribution in [1.29, 1.82) is 0 Å². The third-order valence-corrected chi connectivity index (χ3v) is 2.17. The molecule has 1 aromatic rings. The van der Waals surface area contributed by atoms with Crippen molar-refractivity contribution in [3.8, 4) is 0 Å². The normalized spacial score (nSPS) is 12.1. The number of benzene rings is 1. The number of hydrogen-bond acceptors (Lipinski definition) is 3. The fourth-order valence-electron chi connectivity index (χ4n) is 1.25. The summed E-state index contributed by atoms with van der Waals surface area (Å²) in [5.74, 6) is 0. The summed E-state index contributed by atoms with van der Waals surface area (Å²) in [6.45, 7) is 1.76. The van der Waals surface area contributed by atoms with Crippen LogP contribution in [0.3, 0.4) is 0 Å². The zero-order chi connectivity index (χ0) is 10.4. The van der Waals surface area contributed by atoms with Crippen molar-refractivity contribution >= 4 is 6.29 Å². The molecule has 0 radical (unpaired) electrons. The Balaban J connectivity index is 2.67. The second kappa shape index (κ2) is 5.27. The van der Waals surface area contributed by atoms with E-state index < -0.39 is 0 Å². The molecule has 0 N–H and O–H groups in total. The van der Waals surface area contributed by atoms with Gasteiger partial charge in [-0.2, -0.15) is 4.91 Å². The number of aryl methyl sites for hydroxylation is 1. The number of aldehydes is 1. The van der Waals surface area contributed by atoms with Crippen LogP contribution in [0.2, 0.25) is 0 Å². The fraction of sp³-hybridized carbons (Fsp3) is 0.364. The highest BCUT2D eigenvalue weighted by molar-refractivity contribution is 5.50. The second-order valence-corrected chi connectivity index (χ2v) is 3.23. The first kappa shape index (κ1) is 10.6. The number of hydrogen-bond donors (Lipinski definition) is 0. The van der Waals surface area contributed by atoms with Gasteiger partial charge >= 0.3 is 0 Å². The third kappa shape index (κ3) is 2.76. The van der Waals surface area contributed by atoms with Gasteiger partial charge in [0.1, 0.15) is 12.3 Å². The van der Waals surface area contributed by atoms with Crippen molar-refractivity contribution in [2.75, 3.05) is 0 Å². The van der Waals surface area contributed by atoms with Crippen molar-refractivity contribution in [2.24, 2.45) is 5.18 Å². The van der Waals surface area contributed by atoms with Gasteiger partial charge in [-0.25, -0.2) is 0 Å². The molecule has 0 aliphatic rings. The molecule has 3 nitrogen and oxygen atoms in total. The van der Waals surface area contributed by atoms with Crippen molar-refractivity contribution in [2.45, 2.75) is 25.8 Å². The highest BCUT2D eigenvalue weighted by atomic mass is 16.3. The van der Waals surface area contributed by atoms with Gasteiger partial charge in [-0.15, -0.1) is 0 Å². The van der Waals surface area contributed by atoms with Gasteiger partial charge < -0.3 is 4.79 Å². The van der Waals surface area contributed by atoms with E-state index in [1.165, 1.54) is 0 Å². The van der Waals surface area contributed by atoms with Crippen molar-refractivity contribution in [3.63, 3.8) is 0 Å². The Hall–Kier alpha value is -1.51. The number of carbonyl (C=O) groups is 1. The molecule has 0 fully saturated rings. The Morgan fingerprint density at radius 1 is 1.36 bits per heavy atom. The van der Waals surface area contributed by atoms with Gasteiger partial charge in [0.05, 0.1) is 0 Å². The molecule has 0 aromatic heterocycles. The lowest BCUT2D eigenvalue weighted by Crippen LogP contribution is -1.90. The number of carbonyl (C=O) groups excluding carboxylic acids is 1. The number of rotatable bonds is 5. The molecule has 0 spiro atoms. The summed E-state index contributed by atoms with van der Waals surface area (Å²) in [6, 6.07) is 7.33. The van der Waals surface area contributed by atoms with Gasteiger partial charge in [-0.05, 0) is 24.5 Å². The summed E-state index contributed by atoms with van der Waals surface area (Å²) in [4.78, 5) is 20.4. The molecule has 74 valence electrons. The first-order valence-corrected chi connectivity index (χ1v) is 4.63. The Morgan fingerprint density at radius 2 is 2.00 bits per heavy atom. The number of nitroso groups, excluding NO2 is 1. The van der Waals surface area contributed by atoms with E-state index in [2.05, 4.69) is 5.18 Å². The topological polar surface area (TPSA) is 46.5 Å². The standard InChI is InChI=1S/C11H13NO2/c1-9(12-14)11-6-4-10(5-7-11)3-2-8-13/h4-9H,2-3H2,1H3. The fourth-order valence-corrected chi connectivity index (χ4v) is 1.25. The highest BCUT2D eigenvalue weighted by Gasteiger charge is 2.03. The summed E-state index contributed by atoms with van der Waals surface area (Å²) in [6.07, 6.45) is 2.21. The van der Waals surface area contributed by atoms with E-state index in [4.69, 9.17) is 0 Å². The minimum absolute atomic E-state index is 0.296. The Kier molecular flexibility index (Phi) is 3.98. The van der Waals surface area contributed by atoms with Gasteiger partial charge in [0.25, 0.3) is 0 Å². The van der Waals surface area contributed by atoms with E-state index in [0.717, 1.165) is 23.8 Å². The smallest absolute Gasteiger partial charge is 0.120 e. The molecule has 0 amide bonds. The predicted octanol–water partition coefficient (Wildman–Crippen LogP) is 2.65. The van der Waals surface area contributed by atoms with E-state index in [1.54, 1.807) is 6.92 Å². The molecule has 1 atom stereocenters. The zero-order valence-corrected chi connectivity index (χ0v) is 8.14. The molecule has 0 heterocycles. The average Bonchev–Trinajstić information content (AvgIpc) is 2.26. The highest BCUT2D eigenvalue weighted by Crippen LogP contribution is 2.16. The maximum atomic E-state index is 10.3. The number of nitrogens with zero attached hydrogens (tertiary/aromatic N) is 1. The largest absolute Gasteiger partial charge is 0.303 e. The van der Waals surface area contributed by atoms with Crippen LogP contribution >= 0.6 is 0 Å². The van der Waals surface area contributed by atoms with Crippen LogP contribution in [0, 0.1) is 4.91 Å².